The fraction of sp³-hybridized carbons (Fsp3) is 0.500. The second-order valence-corrected chi connectivity index (χ2v) is 14.6. The van der Waals surface area contributed by atoms with Crippen LogP contribution >= 0.6 is 23.5 Å². The number of carboxylic acids is 1. The fourth-order valence-electron chi connectivity index (χ4n) is 4.90. The molecule has 0 aliphatic carbocycles. The van der Waals surface area contributed by atoms with E-state index in [2.05, 4.69) is 23.8 Å². The minimum absolute atomic E-state index is 0.120. The number of aliphatic hydroxyl groups is 3. The first-order valence-corrected chi connectivity index (χ1v) is 18.0. The van der Waals surface area contributed by atoms with Gasteiger partial charge in [-0.15, -0.1) is 0 Å². The molecule has 2 saturated heterocycles. The summed E-state index contributed by atoms with van der Waals surface area (Å²) in [5.41, 5.74) is 0.549. The van der Waals surface area contributed by atoms with E-state index in [1.807, 2.05) is 0 Å². The molecule has 0 bridgehead atoms. The number of ether oxygens (including phenoxy) is 2. The van der Waals surface area contributed by atoms with Gasteiger partial charge in [-0.2, -0.15) is 8.88 Å². The molecular formula is C22H28N5O18P3. The van der Waals surface area contributed by atoms with E-state index in [0.717, 1.165) is 21.7 Å². The number of carbonyl (C=O) groups excluding carboxylic acids is 1. The fourth-order valence-corrected chi connectivity index (χ4v) is 7.54. The summed E-state index contributed by atoms with van der Waals surface area (Å²) in [5.74, 6) is -1.54. The van der Waals surface area contributed by atoms with Gasteiger partial charge in [0.05, 0.1) is 36.8 Å². The first-order valence-electron chi connectivity index (χ1n) is 13.5. The van der Waals surface area contributed by atoms with Crippen LogP contribution in [0.25, 0.3) is 11.2 Å². The Morgan fingerprint density at radius 2 is 1.62 bits per heavy atom. The van der Waals surface area contributed by atoms with Gasteiger partial charge in [-0.25, -0.2) is 28.6 Å². The normalized spacial score (nSPS) is 30.3. The van der Waals surface area contributed by atoms with Crippen LogP contribution in [0.4, 0.5) is 0 Å². The van der Waals surface area contributed by atoms with E-state index < -0.39 is 91.7 Å². The highest BCUT2D eigenvalue weighted by atomic mass is 31.3. The smallest absolute Gasteiger partial charge is 0.481 e. The number of fused-ring (bicyclic) bond motifs is 1. The lowest BCUT2D eigenvalue weighted by atomic mass is 10.1. The molecule has 0 saturated carbocycles. The Hall–Kier alpha value is -2.66. The summed E-state index contributed by atoms with van der Waals surface area (Å²) in [4.78, 5) is 62.3. The Morgan fingerprint density at radius 1 is 0.979 bits per heavy atom. The van der Waals surface area contributed by atoms with Gasteiger partial charge in [0.2, 0.25) is 0 Å². The number of imidazole rings is 1. The molecule has 26 heteroatoms. The van der Waals surface area contributed by atoms with Gasteiger partial charge in [-0.1, -0.05) is 0 Å². The van der Waals surface area contributed by atoms with Gasteiger partial charge in [-0.3, -0.25) is 18.1 Å². The van der Waals surface area contributed by atoms with Gasteiger partial charge >= 0.3 is 23.5 Å². The highest BCUT2D eigenvalue weighted by Gasteiger charge is 2.51. The zero-order valence-electron chi connectivity index (χ0n) is 24.2. The molecular weight excluding hydrogens is 715 g/mol. The Morgan fingerprint density at radius 3 is 2.25 bits per heavy atom. The van der Waals surface area contributed by atoms with Crippen molar-refractivity contribution in [2.75, 3.05) is 13.2 Å². The van der Waals surface area contributed by atoms with Crippen LogP contribution in [0.5, 0.6) is 0 Å². The van der Waals surface area contributed by atoms with Crippen LogP contribution in [0.1, 0.15) is 28.5 Å². The molecule has 2 aliphatic heterocycles. The van der Waals surface area contributed by atoms with Gasteiger partial charge in [0, 0.05) is 6.07 Å². The Bertz CT molecular complexity index is 1810. The van der Waals surface area contributed by atoms with E-state index in [1.165, 1.54) is 24.7 Å². The van der Waals surface area contributed by atoms with Crippen molar-refractivity contribution in [2.45, 2.75) is 56.0 Å². The van der Waals surface area contributed by atoms with Crippen LogP contribution in [0, 0.1) is 6.92 Å². The van der Waals surface area contributed by atoms with Crippen molar-refractivity contribution in [3.8, 4) is 0 Å². The lowest BCUT2D eigenvalue weighted by Gasteiger charge is -2.22. The van der Waals surface area contributed by atoms with Crippen molar-refractivity contribution < 1.29 is 90.4 Å². The molecule has 3 aromatic rings. The molecule has 7 N–H and O–H groups in total. The molecule has 5 heterocycles. The average molecular weight is 743 g/mol. The molecule has 264 valence electrons. The lowest BCUT2D eigenvalue weighted by molar-refractivity contribution is -0.765. The third kappa shape index (κ3) is 8.20. The number of rotatable bonds is 13. The second kappa shape index (κ2) is 13.9. The van der Waals surface area contributed by atoms with Crippen molar-refractivity contribution >= 4 is 40.6 Å². The summed E-state index contributed by atoms with van der Waals surface area (Å²) < 4.78 is 68.3. The highest BCUT2D eigenvalue weighted by Crippen LogP contribution is 2.61. The van der Waals surface area contributed by atoms with Crippen LogP contribution in [0.2, 0.25) is 0 Å². The summed E-state index contributed by atoms with van der Waals surface area (Å²) in [6.45, 7) is -0.441. The number of aryl methyl sites for hydroxylation is 1. The lowest BCUT2D eigenvalue weighted by Crippen LogP contribution is -2.46. The number of nitrogens with zero attached hydrogens (tertiary/aromatic N) is 5. The quantitative estimate of drug-likeness (QED) is 0.0681. The van der Waals surface area contributed by atoms with Crippen molar-refractivity contribution in [1.29, 1.82) is 0 Å². The number of carboxylic acid groups (broad SMARTS) is 1. The minimum Gasteiger partial charge on any atom is -0.545 e. The van der Waals surface area contributed by atoms with Crippen molar-refractivity contribution in [3.63, 3.8) is 0 Å². The summed E-state index contributed by atoms with van der Waals surface area (Å²) in [6, 6.07) is 2.49. The molecule has 5 rings (SSSR count). The molecule has 0 aromatic carbocycles. The van der Waals surface area contributed by atoms with Crippen LogP contribution in [-0.4, -0.2) is 110 Å². The third-order valence-electron chi connectivity index (χ3n) is 7.09. The number of aromatic nitrogens is 5. The molecule has 0 radical (unpaired) electrons. The zero-order chi connectivity index (χ0) is 35.2. The zero-order valence-corrected chi connectivity index (χ0v) is 26.9. The van der Waals surface area contributed by atoms with E-state index in [0.29, 0.717) is 5.69 Å². The summed E-state index contributed by atoms with van der Waals surface area (Å²) in [5, 5.41) is 42.6. The number of hydrogen-bond donors (Lipinski definition) is 7. The Kier molecular flexibility index (Phi) is 10.6. The third-order valence-corrected chi connectivity index (χ3v) is 10.2. The maximum absolute atomic E-state index is 12.6. The SMILES string of the molecule is Cc1ncnc2c1ncn2[C@@H]1O[C@H](COP(=O)(O)OP(=O)(O)OCC2OC([n+]3cccc(C(=O)[O-])c3)[C@H](O)[C@@H]2O)[C@@H](O)[C@H]1OP(=O)(O)O. The average Bonchev–Trinajstić information content (AvgIpc) is 3.64. The van der Waals surface area contributed by atoms with Crippen LogP contribution in [0.15, 0.2) is 37.2 Å². The molecule has 48 heavy (non-hydrogen) atoms. The molecule has 2 aliphatic rings. The number of aromatic carboxylic acids is 1. The molecule has 2 fully saturated rings. The van der Waals surface area contributed by atoms with E-state index in [9.17, 15) is 58.5 Å². The number of phosphoric acid groups is 3. The van der Waals surface area contributed by atoms with Crippen molar-refractivity contribution in [2.24, 2.45) is 0 Å². The number of phosphoric ester groups is 3. The summed E-state index contributed by atoms with van der Waals surface area (Å²) >= 11 is 0. The topological polar surface area (TPSA) is 336 Å². The van der Waals surface area contributed by atoms with Crippen LogP contribution < -0.4 is 9.67 Å². The van der Waals surface area contributed by atoms with Crippen molar-refractivity contribution in [1.82, 2.24) is 19.5 Å². The number of aliphatic hydroxyl groups excluding tert-OH is 3. The van der Waals surface area contributed by atoms with Crippen LogP contribution in [-0.2, 0) is 41.1 Å². The second-order valence-electron chi connectivity index (χ2n) is 10.4. The molecule has 3 aromatic heterocycles. The Balaban J connectivity index is 1.21. The van der Waals surface area contributed by atoms with Gasteiger partial charge in [0.25, 0.3) is 6.23 Å². The van der Waals surface area contributed by atoms with Gasteiger partial charge in [0.1, 0.15) is 42.4 Å². The van der Waals surface area contributed by atoms with E-state index in [4.69, 9.17) is 18.5 Å². The monoisotopic (exact) mass is 743 g/mol. The summed E-state index contributed by atoms with van der Waals surface area (Å²) in [6.07, 6.45) is -8.55. The predicted molar refractivity (Wildman–Crippen MR) is 146 cm³/mol. The largest absolute Gasteiger partial charge is 0.545 e. The first kappa shape index (κ1) is 36.6. The van der Waals surface area contributed by atoms with E-state index in [-0.39, 0.29) is 16.7 Å². The molecule has 23 nitrogen and oxygen atoms in total. The van der Waals surface area contributed by atoms with Crippen molar-refractivity contribution in [3.05, 3.63) is 48.4 Å². The van der Waals surface area contributed by atoms with Gasteiger partial charge < -0.3 is 54.3 Å². The minimum atomic E-state index is -5.52. The molecule has 0 amide bonds. The predicted octanol–water partition coefficient (Wildman–Crippen LogP) is -2.91. The highest BCUT2D eigenvalue weighted by molar-refractivity contribution is 7.61. The van der Waals surface area contributed by atoms with Gasteiger partial charge in [-0.05, 0) is 13.0 Å². The Labute approximate surface area is 268 Å². The molecule has 0 spiro atoms. The van der Waals surface area contributed by atoms with E-state index in [1.54, 1.807) is 6.92 Å². The maximum atomic E-state index is 12.6. The first-order chi connectivity index (χ1) is 22.4. The standard InChI is InChI=1S/C22H28N5O18P3/c1-10-14-19(24-8-23-10)27(9-25-14)21-18(44-46(33,34)35)16(29)13(43-21)7-41-48(38,39)45-47(36,37)40-6-12-15(28)17(30)20(42-12)26-4-2-3-11(5-26)22(31)32/h2-5,8-9,12-13,15-18,20-21,28-30H,6-7H2,1H3,(H4-,31,32,33,34,35,36,37,38,39)/t12?,13-,15-,16-,17-,18-,20?,21-/m1/s1. The van der Waals surface area contributed by atoms with Crippen LogP contribution in [0.3, 0.4) is 0 Å². The maximum Gasteiger partial charge on any atom is 0.481 e. The van der Waals surface area contributed by atoms with Gasteiger partial charge in [0.15, 0.2) is 30.4 Å². The number of hydrogen-bond acceptors (Lipinski definition) is 17. The molecule has 4 unspecified atom stereocenters. The summed E-state index contributed by atoms with van der Waals surface area (Å²) in [7, 11) is -16.3. The van der Waals surface area contributed by atoms with E-state index >= 15 is 0 Å². The number of pyridine rings is 1. The number of carbonyl (C=O) groups is 1. The molecule has 10 atom stereocenters.